The predicted octanol–water partition coefficient (Wildman–Crippen LogP) is 3.75. The van der Waals surface area contributed by atoms with Crippen LogP contribution in [0.15, 0.2) is 30.5 Å². The first kappa shape index (κ1) is 13.0. The van der Waals surface area contributed by atoms with Gasteiger partial charge >= 0.3 is 0 Å². The average molecular weight is 294 g/mol. The SMILES string of the molecule is Cc1cnc2c(c1)nc(CCl)n2-c1cc(F)ccc1F. The molecular weight excluding hydrogens is 284 g/mol. The predicted molar refractivity (Wildman–Crippen MR) is 73.1 cm³/mol. The molecular formula is C14H10ClF2N3. The van der Waals surface area contributed by atoms with Crippen LogP contribution in [0.5, 0.6) is 0 Å². The molecule has 0 aliphatic carbocycles. The van der Waals surface area contributed by atoms with Gasteiger partial charge in [-0.15, -0.1) is 11.6 Å². The number of pyridine rings is 1. The van der Waals surface area contributed by atoms with Crippen molar-refractivity contribution < 1.29 is 8.78 Å². The Labute approximate surface area is 118 Å². The summed E-state index contributed by atoms with van der Waals surface area (Å²) in [4.78, 5) is 8.57. The number of hydrogen-bond donors (Lipinski definition) is 0. The van der Waals surface area contributed by atoms with Gasteiger partial charge in [-0.3, -0.25) is 4.57 Å². The Morgan fingerprint density at radius 2 is 2.05 bits per heavy atom. The summed E-state index contributed by atoms with van der Waals surface area (Å²) in [5, 5.41) is 0. The van der Waals surface area contributed by atoms with E-state index in [0.29, 0.717) is 17.0 Å². The molecule has 0 unspecified atom stereocenters. The molecule has 0 spiro atoms. The van der Waals surface area contributed by atoms with Gasteiger partial charge in [-0.05, 0) is 30.7 Å². The molecule has 0 N–H and O–H groups in total. The van der Waals surface area contributed by atoms with Crippen LogP contribution in [0.4, 0.5) is 8.78 Å². The monoisotopic (exact) mass is 293 g/mol. The third-order valence-corrected chi connectivity index (χ3v) is 3.21. The summed E-state index contributed by atoms with van der Waals surface area (Å²) < 4.78 is 28.8. The van der Waals surface area contributed by atoms with Crippen LogP contribution in [0.25, 0.3) is 16.9 Å². The molecule has 1 aromatic carbocycles. The van der Waals surface area contributed by atoms with E-state index in [4.69, 9.17) is 11.6 Å². The maximum absolute atomic E-state index is 14.0. The Hall–Kier alpha value is -2.01. The van der Waals surface area contributed by atoms with E-state index in [2.05, 4.69) is 9.97 Å². The van der Waals surface area contributed by atoms with E-state index in [0.717, 1.165) is 23.8 Å². The molecule has 20 heavy (non-hydrogen) atoms. The van der Waals surface area contributed by atoms with Gasteiger partial charge in [0, 0.05) is 12.3 Å². The lowest BCUT2D eigenvalue weighted by Gasteiger charge is -2.08. The second-order valence-electron chi connectivity index (χ2n) is 4.45. The second-order valence-corrected chi connectivity index (χ2v) is 4.72. The van der Waals surface area contributed by atoms with Crippen molar-refractivity contribution in [3.63, 3.8) is 0 Å². The maximum Gasteiger partial charge on any atom is 0.164 e. The largest absolute Gasteiger partial charge is 0.277 e. The van der Waals surface area contributed by atoms with Gasteiger partial charge in [0.1, 0.15) is 23.0 Å². The number of fused-ring (bicyclic) bond motifs is 1. The lowest BCUT2D eigenvalue weighted by Crippen LogP contribution is -2.03. The van der Waals surface area contributed by atoms with Gasteiger partial charge in [0.05, 0.1) is 11.6 Å². The van der Waals surface area contributed by atoms with E-state index in [9.17, 15) is 8.78 Å². The summed E-state index contributed by atoms with van der Waals surface area (Å²) in [7, 11) is 0. The molecule has 3 rings (SSSR count). The van der Waals surface area contributed by atoms with Gasteiger partial charge in [0.2, 0.25) is 0 Å². The first-order chi connectivity index (χ1) is 9.60. The Bertz CT molecular complexity index is 798. The highest BCUT2D eigenvalue weighted by Crippen LogP contribution is 2.24. The molecule has 3 nitrogen and oxygen atoms in total. The zero-order chi connectivity index (χ0) is 14.3. The molecule has 0 aliphatic heterocycles. The number of imidazole rings is 1. The Morgan fingerprint density at radius 3 is 2.80 bits per heavy atom. The first-order valence-corrected chi connectivity index (χ1v) is 6.49. The minimum absolute atomic E-state index is 0.0551. The van der Waals surface area contributed by atoms with Crippen molar-refractivity contribution in [1.29, 1.82) is 0 Å². The van der Waals surface area contributed by atoms with Crippen LogP contribution in [0.3, 0.4) is 0 Å². The Morgan fingerprint density at radius 1 is 1.25 bits per heavy atom. The number of aryl methyl sites for hydroxylation is 1. The lowest BCUT2D eigenvalue weighted by atomic mass is 10.2. The summed E-state index contributed by atoms with van der Waals surface area (Å²) in [5.74, 6) is -0.592. The van der Waals surface area contributed by atoms with Crippen molar-refractivity contribution in [1.82, 2.24) is 14.5 Å². The summed E-state index contributed by atoms with van der Waals surface area (Å²) in [6.45, 7) is 1.88. The average Bonchev–Trinajstić information content (AvgIpc) is 2.78. The number of aromatic nitrogens is 3. The van der Waals surface area contributed by atoms with Crippen LogP contribution in [-0.2, 0) is 5.88 Å². The van der Waals surface area contributed by atoms with E-state index in [1.54, 1.807) is 6.20 Å². The fourth-order valence-corrected chi connectivity index (χ4v) is 2.29. The van der Waals surface area contributed by atoms with Crippen molar-refractivity contribution in [2.24, 2.45) is 0 Å². The fourth-order valence-electron chi connectivity index (χ4n) is 2.11. The molecule has 0 bridgehead atoms. The van der Waals surface area contributed by atoms with E-state index in [-0.39, 0.29) is 11.6 Å². The van der Waals surface area contributed by atoms with Crippen LogP contribution < -0.4 is 0 Å². The molecule has 2 aromatic heterocycles. The first-order valence-electron chi connectivity index (χ1n) is 5.95. The molecule has 0 fully saturated rings. The Balaban J connectivity index is 2.37. The number of rotatable bonds is 2. The Kier molecular flexibility index (Phi) is 3.14. The minimum atomic E-state index is -0.556. The molecule has 0 saturated carbocycles. The van der Waals surface area contributed by atoms with Crippen molar-refractivity contribution in [2.45, 2.75) is 12.8 Å². The maximum atomic E-state index is 14.0. The highest BCUT2D eigenvalue weighted by Gasteiger charge is 2.16. The van der Waals surface area contributed by atoms with Gasteiger partial charge in [0.15, 0.2) is 5.65 Å². The molecule has 0 atom stereocenters. The number of benzene rings is 1. The van der Waals surface area contributed by atoms with Gasteiger partial charge in [0.25, 0.3) is 0 Å². The van der Waals surface area contributed by atoms with Crippen molar-refractivity contribution >= 4 is 22.8 Å². The van der Waals surface area contributed by atoms with Gasteiger partial charge < -0.3 is 0 Å². The molecule has 102 valence electrons. The molecule has 0 amide bonds. The third kappa shape index (κ3) is 2.04. The molecule has 0 aliphatic rings. The van der Waals surface area contributed by atoms with Crippen molar-refractivity contribution in [3.8, 4) is 5.69 Å². The van der Waals surface area contributed by atoms with Crippen LogP contribution in [0.2, 0.25) is 0 Å². The second kappa shape index (κ2) is 4.83. The molecule has 0 saturated heterocycles. The number of hydrogen-bond acceptors (Lipinski definition) is 2. The molecule has 2 heterocycles. The number of halogens is 3. The summed E-state index contributed by atoms with van der Waals surface area (Å²) in [6.07, 6.45) is 1.65. The summed E-state index contributed by atoms with van der Waals surface area (Å²) in [6, 6.07) is 5.07. The topological polar surface area (TPSA) is 30.7 Å². The van der Waals surface area contributed by atoms with Crippen LogP contribution in [0, 0.1) is 18.6 Å². The smallest absolute Gasteiger partial charge is 0.164 e. The summed E-state index contributed by atoms with van der Waals surface area (Å²) in [5.41, 5.74) is 2.04. The zero-order valence-electron chi connectivity index (χ0n) is 10.6. The fraction of sp³-hybridized carbons (Fsp3) is 0.143. The van der Waals surface area contributed by atoms with Gasteiger partial charge in [-0.1, -0.05) is 0 Å². The normalized spacial score (nSPS) is 11.2. The van der Waals surface area contributed by atoms with E-state index < -0.39 is 11.6 Å². The molecule has 3 aromatic rings. The van der Waals surface area contributed by atoms with E-state index in [1.165, 1.54) is 4.57 Å². The molecule has 0 radical (unpaired) electrons. The van der Waals surface area contributed by atoms with Crippen molar-refractivity contribution in [3.05, 3.63) is 53.5 Å². The van der Waals surface area contributed by atoms with Crippen LogP contribution in [0.1, 0.15) is 11.4 Å². The standard InChI is InChI=1S/C14H10ClF2N3/c1-8-4-11-14(18-7-8)20(13(6-15)19-11)12-5-9(16)2-3-10(12)17/h2-5,7H,6H2,1H3. The van der Waals surface area contributed by atoms with Crippen LogP contribution >= 0.6 is 11.6 Å². The third-order valence-electron chi connectivity index (χ3n) is 2.97. The van der Waals surface area contributed by atoms with E-state index >= 15 is 0 Å². The highest BCUT2D eigenvalue weighted by molar-refractivity contribution is 6.16. The zero-order valence-corrected chi connectivity index (χ0v) is 11.3. The van der Waals surface area contributed by atoms with Crippen LogP contribution in [-0.4, -0.2) is 14.5 Å². The van der Waals surface area contributed by atoms with Gasteiger partial charge in [-0.2, -0.15) is 0 Å². The number of alkyl halides is 1. The summed E-state index contributed by atoms with van der Waals surface area (Å²) >= 11 is 5.86. The van der Waals surface area contributed by atoms with Crippen molar-refractivity contribution in [2.75, 3.05) is 0 Å². The highest BCUT2D eigenvalue weighted by atomic mass is 35.5. The van der Waals surface area contributed by atoms with Gasteiger partial charge in [-0.25, -0.2) is 18.7 Å². The quantitative estimate of drug-likeness (QED) is 0.674. The lowest BCUT2D eigenvalue weighted by molar-refractivity contribution is 0.592. The van der Waals surface area contributed by atoms with E-state index in [1.807, 2.05) is 13.0 Å². The minimum Gasteiger partial charge on any atom is -0.277 e. The number of nitrogens with zero attached hydrogens (tertiary/aromatic N) is 3. The molecule has 6 heteroatoms.